The Labute approximate surface area is 125 Å². The van der Waals surface area contributed by atoms with Crippen molar-refractivity contribution < 1.29 is 4.42 Å². The number of hydrogen-bond donors (Lipinski definition) is 1. The summed E-state index contributed by atoms with van der Waals surface area (Å²) in [6.07, 6.45) is 7.10. The average Bonchev–Trinajstić information content (AvgIpc) is 3.27. The molecule has 0 atom stereocenters. The SMILES string of the molecule is c1cnc(-c2scc(-c3ccc[nH]3)c2-c2ccco2)nc1. The van der Waals surface area contributed by atoms with E-state index in [1.54, 1.807) is 30.0 Å². The second kappa shape index (κ2) is 5.03. The summed E-state index contributed by atoms with van der Waals surface area (Å²) >= 11 is 1.62. The van der Waals surface area contributed by atoms with Gasteiger partial charge >= 0.3 is 0 Å². The van der Waals surface area contributed by atoms with Crippen LogP contribution in [0.3, 0.4) is 0 Å². The molecule has 0 amide bonds. The molecule has 21 heavy (non-hydrogen) atoms. The molecule has 4 rings (SSSR count). The third-order valence-corrected chi connectivity index (χ3v) is 4.19. The van der Waals surface area contributed by atoms with Crippen molar-refractivity contribution in [1.29, 1.82) is 0 Å². The largest absolute Gasteiger partial charge is 0.464 e. The Morgan fingerprint density at radius 3 is 2.67 bits per heavy atom. The molecular formula is C16H11N3OS. The average molecular weight is 293 g/mol. The molecule has 4 aromatic heterocycles. The molecular weight excluding hydrogens is 282 g/mol. The maximum absolute atomic E-state index is 5.62. The van der Waals surface area contributed by atoms with Gasteiger partial charge in [-0.25, -0.2) is 9.97 Å². The quantitative estimate of drug-likeness (QED) is 0.606. The van der Waals surface area contributed by atoms with Crippen LogP contribution < -0.4 is 0 Å². The van der Waals surface area contributed by atoms with Crippen LogP contribution in [0.5, 0.6) is 0 Å². The highest BCUT2D eigenvalue weighted by molar-refractivity contribution is 7.14. The van der Waals surface area contributed by atoms with E-state index in [0.29, 0.717) is 5.82 Å². The van der Waals surface area contributed by atoms with Gasteiger partial charge in [0.25, 0.3) is 0 Å². The molecule has 0 unspecified atom stereocenters. The topological polar surface area (TPSA) is 54.7 Å². The van der Waals surface area contributed by atoms with Crippen molar-refractivity contribution in [2.24, 2.45) is 0 Å². The van der Waals surface area contributed by atoms with Crippen molar-refractivity contribution in [3.8, 4) is 33.3 Å². The zero-order valence-corrected chi connectivity index (χ0v) is 11.8. The number of nitrogens with one attached hydrogen (secondary N) is 1. The maximum Gasteiger partial charge on any atom is 0.170 e. The highest BCUT2D eigenvalue weighted by Gasteiger charge is 2.20. The molecule has 0 saturated carbocycles. The van der Waals surface area contributed by atoms with E-state index in [9.17, 15) is 0 Å². The van der Waals surface area contributed by atoms with Gasteiger partial charge in [-0.2, -0.15) is 0 Å². The van der Waals surface area contributed by atoms with Crippen LogP contribution in [-0.2, 0) is 0 Å². The van der Waals surface area contributed by atoms with Crippen molar-refractivity contribution in [3.63, 3.8) is 0 Å². The number of hydrogen-bond acceptors (Lipinski definition) is 4. The van der Waals surface area contributed by atoms with Gasteiger partial charge in [-0.15, -0.1) is 11.3 Å². The summed E-state index contributed by atoms with van der Waals surface area (Å²) in [7, 11) is 0. The monoisotopic (exact) mass is 293 g/mol. The minimum absolute atomic E-state index is 0.715. The molecule has 0 fully saturated rings. The van der Waals surface area contributed by atoms with Crippen LogP contribution in [0.2, 0.25) is 0 Å². The molecule has 0 bridgehead atoms. The molecule has 0 aliphatic carbocycles. The molecule has 0 saturated heterocycles. The van der Waals surface area contributed by atoms with Gasteiger partial charge in [0, 0.05) is 40.8 Å². The highest BCUT2D eigenvalue weighted by atomic mass is 32.1. The lowest BCUT2D eigenvalue weighted by Gasteiger charge is -2.03. The van der Waals surface area contributed by atoms with Gasteiger partial charge in [0.05, 0.1) is 11.1 Å². The number of aromatic amines is 1. The predicted molar refractivity (Wildman–Crippen MR) is 82.8 cm³/mol. The van der Waals surface area contributed by atoms with Crippen LogP contribution in [0.25, 0.3) is 33.3 Å². The van der Waals surface area contributed by atoms with Crippen LogP contribution in [0.4, 0.5) is 0 Å². The van der Waals surface area contributed by atoms with Crippen LogP contribution in [-0.4, -0.2) is 15.0 Å². The van der Waals surface area contributed by atoms with E-state index in [4.69, 9.17) is 4.42 Å². The van der Waals surface area contributed by atoms with Gasteiger partial charge in [-0.1, -0.05) is 0 Å². The number of aromatic nitrogens is 3. The predicted octanol–water partition coefficient (Wildman–Crippen LogP) is 4.46. The minimum Gasteiger partial charge on any atom is -0.464 e. The molecule has 0 aliphatic heterocycles. The molecule has 0 aliphatic rings. The Morgan fingerprint density at radius 2 is 1.95 bits per heavy atom. The highest BCUT2D eigenvalue weighted by Crippen LogP contribution is 2.43. The Balaban J connectivity index is 1.97. The van der Waals surface area contributed by atoms with Gasteiger partial charge in [-0.3, -0.25) is 0 Å². The standard InChI is InChI=1S/C16H11N3OS/c1-4-12(17-6-1)11-10-21-15(16-18-7-3-8-19-16)14(11)13-5-2-9-20-13/h1-10,17H. The van der Waals surface area contributed by atoms with E-state index in [0.717, 1.165) is 27.5 Å². The van der Waals surface area contributed by atoms with Crippen LogP contribution in [0.1, 0.15) is 0 Å². The maximum atomic E-state index is 5.62. The Morgan fingerprint density at radius 1 is 1.05 bits per heavy atom. The summed E-state index contributed by atoms with van der Waals surface area (Å²) in [4.78, 5) is 13.0. The lowest BCUT2D eigenvalue weighted by molar-refractivity contribution is 0.583. The first-order valence-electron chi connectivity index (χ1n) is 6.50. The van der Waals surface area contributed by atoms with E-state index in [1.807, 2.05) is 36.5 Å². The van der Waals surface area contributed by atoms with Crippen molar-refractivity contribution in [1.82, 2.24) is 15.0 Å². The van der Waals surface area contributed by atoms with E-state index in [1.165, 1.54) is 0 Å². The Hall–Kier alpha value is -2.66. The zero-order chi connectivity index (χ0) is 14.1. The molecule has 0 aromatic carbocycles. The van der Waals surface area contributed by atoms with Gasteiger partial charge in [0.15, 0.2) is 5.82 Å². The lowest BCUT2D eigenvalue weighted by Crippen LogP contribution is -1.87. The number of furan rings is 1. The second-order valence-electron chi connectivity index (χ2n) is 4.49. The van der Waals surface area contributed by atoms with Gasteiger partial charge in [0.1, 0.15) is 5.76 Å². The van der Waals surface area contributed by atoms with Gasteiger partial charge in [-0.05, 0) is 30.3 Å². The number of nitrogens with zero attached hydrogens (tertiary/aromatic N) is 2. The van der Waals surface area contributed by atoms with Crippen LogP contribution in [0, 0.1) is 0 Å². The summed E-state index contributed by atoms with van der Waals surface area (Å²) < 4.78 is 5.62. The second-order valence-corrected chi connectivity index (χ2v) is 5.37. The van der Waals surface area contributed by atoms with Crippen LogP contribution >= 0.6 is 11.3 Å². The molecule has 5 heteroatoms. The molecule has 1 N–H and O–H groups in total. The Kier molecular flexibility index (Phi) is 2.90. The van der Waals surface area contributed by atoms with Crippen molar-refractivity contribution in [2.75, 3.05) is 0 Å². The third-order valence-electron chi connectivity index (χ3n) is 3.22. The first-order chi connectivity index (χ1) is 10.4. The summed E-state index contributed by atoms with van der Waals surface area (Å²) in [5.41, 5.74) is 3.18. The minimum atomic E-state index is 0.715. The fourth-order valence-corrected chi connectivity index (χ4v) is 3.32. The number of H-pyrrole nitrogens is 1. The third kappa shape index (κ3) is 2.08. The van der Waals surface area contributed by atoms with E-state index < -0.39 is 0 Å². The normalized spacial score (nSPS) is 10.9. The first-order valence-corrected chi connectivity index (χ1v) is 7.38. The molecule has 0 radical (unpaired) electrons. The molecule has 4 heterocycles. The fraction of sp³-hybridized carbons (Fsp3) is 0. The van der Waals surface area contributed by atoms with E-state index in [-0.39, 0.29) is 0 Å². The molecule has 4 nitrogen and oxygen atoms in total. The van der Waals surface area contributed by atoms with Gasteiger partial charge in [0.2, 0.25) is 0 Å². The van der Waals surface area contributed by atoms with Crippen molar-refractivity contribution in [3.05, 3.63) is 60.6 Å². The van der Waals surface area contributed by atoms with Crippen molar-refractivity contribution in [2.45, 2.75) is 0 Å². The van der Waals surface area contributed by atoms with E-state index >= 15 is 0 Å². The van der Waals surface area contributed by atoms with Gasteiger partial charge < -0.3 is 9.40 Å². The summed E-state index contributed by atoms with van der Waals surface area (Å²) in [6, 6.07) is 9.69. The fourth-order valence-electron chi connectivity index (χ4n) is 2.30. The number of thiophene rings is 1. The molecule has 102 valence electrons. The van der Waals surface area contributed by atoms with Crippen molar-refractivity contribution >= 4 is 11.3 Å². The molecule has 0 spiro atoms. The Bertz CT molecular complexity index is 833. The summed E-state index contributed by atoms with van der Waals surface area (Å²) in [6.45, 7) is 0. The summed E-state index contributed by atoms with van der Waals surface area (Å²) in [5, 5.41) is 2.11. The van der Waals surface area contributed by atoms with E-state index in [2.05, 4.69) is 20.3 Å². The number of rotatable bonds is 3. The first kappa shape index (κ1) is 12.1. The zero-order valence-electron chi connectivity index (χ0n) is 11.0. The van der Waals surface area contributed by atoms with Crippen LogP contribution in [0.15, 0.2) is 65.0 Å². The molecule has 4 aromatic rings. The lowest BCUT2D eigenvalue weighted by atomic mass is 10.1. The smallest absolute Gasteiger partial charge is 0.170 e. The summed E-state index contributed by atoms with van der Waals surface area (Å²) in [5.74, 6) is 1.54.